The number of aryl methyl sites for hydroxylation is 1. The molecule has 3 aliphatic carbocycles. The molecule has 0 N–H and O–H groups in total. The van der Waals surface area contributed by atoms with E-state index in [4.69, 9.17) is 11.6 Å². The second kappa shape index (κ2) is 4.44. The van der Waals surface area contributed by atoms with Gasteiger partial charge in [-0.2, -0.15) is 0 Å². The lowest BCUT2D eigenvalue weighted by Crippen LogP contribution is -2.38. The van der Waals surface area contributed by atoms with Crippen molar-refractivity contribution in [1.29, 1.82) is 0 Å². The van der Waals surface area contributed by atoms with Crippen molar-refractivity contribution in [2.45, 2.75) is 19.8 Å². The molecule has 4 atom stereocenters. The van der Waals surface area contributed by atoms with Gasteiger partial charge in [-0.25, -0.2) is 4.90 Å². The Kier molecular flexibility index (Phi) is 2.77. The number of benzene rings is 1. The van der Waals surface area contributed by atoms with Gasteiger partial charge >= 0.3 is 0 Å². The molecule has 1 aromatic rings. The smallest absolute Gasteiger partial charge is 0.238 e. The third-order valence-corrected chi connectivity index (χ3v) is 5.58. The third kappa shape index (κ3) is 1.73. The van der Waals surface area contributed by atoms with Gasteiger partial charge < -0.3 is 0 Å². The Labute approximate surface area is 128 Å². The maximum Gasteiger partial charge on any atom is 0.238 e. The standard InChI is InChI=1S/C17H16ClNO2/c1-9-2-7-12(8-13(9)18)19-16(20)14-10-3-4-11(6-5-10)15(14)17(19)21/h2-4,7-8,10-11,14-15H,5-6H2,1H3/t10-,11+,14?,15?. The van der Waals surface area contributed by atoms with Crippen molar-refractivity contribution < 1.29 is 9.59 Å². The second-order valence-corrected chi connectivity index (χ2v) is 6.69. The van der Waals surface area contributed by atoms with Crippen LogP contribution in [0.4, 0.5) is 5.69 Å². The fraction of sp³-hybridized carbons (Fsp3) is 0.412. The first kappa shape index (κ1) is 13.1. The number of fused-ring (bicyclic) bond motifs is 1. The molecular weight excluding hydrogens is 286 g/mol. The molecule has 1 heterocycles. The maximum atomic E-state index is 12.8. The number of halogens is 1. The highest BCUT2D eigenvalue weighted by molar-refractivity contribution is 6.32. The minimum atomic E-state index is -0.165. The van der Waals surface area contributed by atoms with Crippen LogP contribution >= 0.6 is 11.6 Å². The quantitative estimate of drug-likeness (QED) is 0.589. The summed E-state index contributed by atoms with van der Waals surface area (Å²) in [5.74, 6) is 0.0142. The minimum Gasteiger partial charge on any atom is -0.274 e. The maximum absolute atomic E-state index is 12.8. The lowest BCUT2D eigenvalue weighted by atomic mass is 9.63. The van der Waals surface area contributed by atoms with Crippen molar-refractivity contribution in [3.05, 3.63) is 40.9 Å². The Balaban J connectivity index is 1.76. The van der Waals surface area contributed by atoms with Gasteiger partial charge in [-0.1, -0.05) is 29.8 Å². The lowest BCUT2D eigenvalue weighted by molar-refractivity contribution is -0.124. The topological polar surface area (TPSA) is 37.4 Å². The molecule has 108 valence electrons. The fourth-order valence-corrected chi connectivity index (χ4v) is 4.22. The molecule has 1 saturated heterocycles. The highest BCUT2D eigenvalue weighted by Gasteiger charge is 2.56. The average Bonchev–Trinajstić information content (AvgIpc) is 2.78. The van der Waals surface area contributed by atoms with E-state index in [0.29, 0.717) is 10.7 Å². The predicted octanol–water partition coefficient (Wildman–Crippen LogP) is 3.35. The average molecular weight is 302 g/mol. The van der Waals surface area contributed by atoms with E-state index in [9.17, 15) is 9.59 Å². The number of hydrogen-bond donors (Lipinski definition) is 0. The van der Waals surface area contributed by atoms with Crippen LogP contribution in [0.25, 0.3) is 0 Å². The predicted molar refractivity (Wildman–Crippen MR) is 81.0 cm³/mol. The van der Waals surface area contributed by atoms with Crippen LogP contribution in [0.2, 0.25) is 5.02 Å². The first-order chi connectivity index (χ1) is 10.1. The summed E-state index contributed by atoms with van der Waals surface area (Å²) >= 11 is 6.15. The first-order valence-electron chi connectivity index (χ1n) is 7.40. The zero-order chi connectivity index (χ0) is 14.7. The monoisotopic (exact) mass is 301 g/mol. The Morgan fingerprint density at radius 1 is 1.05 bits per heavy atom. The SMILES string of the molecule is Cc1ccc(N2C(=O)C3C(C2=O)[C@H]2C=C[C@@H]3CC2)cc1Cl. The Morgan fingerprint density at radius 2 is 1.62 bits per heavy atom. The normalized spacial score (nSPS) is 33.7. The molecule has 0 spiro atoms. The first-order valence-corrected chi connectivity index (χ1v) is 7.78. The molecule has 2 amide bonds. The summed E-state index contributed by atoms with van der Waals surface area (Å²) in [5, 5.41) is 0.587. The van der Waals surface area contributed by atoms with Crippen molar-refractivity contribution >= 4 is 29.1 Å². The van der Waals surface area contributed by atoms with Gasteiger partial charge in [0, 0.05) is 5.02 Å². The summed E-state index contributed by atoms with van der Waals surface area (Å²) in [6.45, 7) is 1.91. The van der Waals surface area contributed by atoms with Crippen LogP contribution in [0.1, 0.15) is 18.4 Å². The largest absolute Gasteiger partial charge is 0.274 e. The molecule has 0 aromatic heterocycles. The van der Waals surface area contributed by atoms with E-state index in [1.807, 2.05) is 19.1 Å². The molecule has 0 radical (unpaired) electrons. The van der Waals surface area contributed by atoms with E-state index in [-0.39, 0.29) is 35.5 Å². The van der Waals surface area contributed by atoms with Gasteiger partial charge in [-0.15, -0.1) is 0 Å². The van der Waals surface area contributed by atoms with E-state index in [1.54, 1.807) is 6.07 Å². The summed E-state index contributed by atoms with van der Waals surface area (Å²) < 4.78 is 0. The van der Waals surface area contributed by atoms with Gasteiger partial charge in [-0.3, -0.25) is 9.59 Å². The molecule has 4 heteroatoms. The van der Waals surface area contributed by atoms with Crippen molar-refractivity contribution in [2.75, 3.05) is 4.90 Å². The Bertz CT molecular complexity index is 649. The van der Waals surface area contributed by atoms with Crippen LogP contribution in [0, 0.1) is 30.6 Å². The van der Waals surface area contributed by atoms with Gasteiger partial charge in [0.15, 0.2) is 0 Å². The summed E-state index contributed by atoms with van der Waals surface area (Å²) in [4.78, 5) is 26.9. The molecule has 1 aliphatic heterocycles. The van der Waals surface area contributed by atoms with Crippen LogP contribution in [0.15, 0.2) is 30.4 Å². The number of imide groups is 1. The number of anilines is 1. The second-order valence-electron chi connectivity index (χ2n) is 6.29. The van der Waals surface area contributed by atoms with Crippen LogP contribution in [-0.2, 0) is 9.59 Å². The van der Waals surface area contributed by atoms with Crippen LogP contribution in [-0.4, -0.2) is 11.8 Å². The highest BCUT2D eigenvalue weighted by atomic mass is 35.5. The molecule has 2 fully saturated rings. The number of carbonyl (C=O) groups is 2. The molecule has 2 bridgehead atoms. The molecule has 1 saturated carbocycles. The number of rotatable bonds is 1. The summed E-state index contributed by atoms with van der Waals surface area (Å²) in [5.41, 5.74) is 1.55. The van der Waals surface area contributed by atoms with E-state index in [2.05, 4.69) is 12.2 Å². The van der Waals surface area contributed by atoms with Crippen LogP contribution in [0.5, 0.6) is 0 Å². The summed E-state index contributed by atoms with van der Waals surface area (Å²) in [7, 11) is 0. The summed E-state index contributed by atoms with van der Waals surface area (Å²) in [6.07, 6.45) is 6.30. The van der Waals surface area contributed by atoms with E-state index in [0.717, 1.165) is 18.4 Å². The van der Waals surface area contributed by atoms with Crippen LogP contribution in [0.3, 0.4) is 0 Å². The summed E-state index contributed by atoms with van der Waals surface area (Å²) in [6, 6.07) is 5.39. The van der Waals surface area contributed by atoms with Gasteiger partial charge in [-0.05, 0) is 49.3 Å². The van der Waals surface area contributed by atoms with E-state index < -0.39 is 0 Å². The number of nitrogens with zero attached hydrogens (tertiary/aromatic N) is 1. The zero-order valence-corrected chi connectivity index (χ0v) is 12.5. The van der Waals surface area contributed by atoms with Gasteiger partial charge in [0.2, 0.25) is 11.8 Å². The zero-order valence-electron chi connectivity index (χ0n) is 11.8. The van der Waals surface area contributed by atoms with E-state index in [1.165, 1.54) is 4.90 Å². The number of carbonyl (C=O) groups excluding carboxylic acids is 2. The Morgan fingerprint density at radius 3 is 2.10 bits per heavy atom. The number of allylic oxidation sites excluding steroid dienone is 2. The van der Waals surface area contributed by atoms with Gasteiger partial charge in [0.25, 0.3) is 0 Å². The molecule has 3 nitrogen and oxygen atoms in total. The highest BCUT2D eigenvalue weighted by Crippen LogP contribution is 2.50. The Hall–Kier alpha value is -1.61. The van der Waals surface area contributed by atoms with Crippen molar-refractivity contribution in [3.63, 3.8) is 0 Å². The number of amides is 2. The number of hydrogen-bond acceptors (Lipinski definition) is 2. The molecule has 21 heavy (non-hydrogen) atoms. The third-order valence-electron chi connectivity index (χ3n) is 5.17. The fourth-order valence-electron chi connectivity index (χ4n) is 4.05. The van der Waals surface area contributed by atoms with E-state index >= 15 is 0 Å². The van der Waals surface area contributed by atoms with Gasteiger partial charge in [0.1, 0.15) is 0 Å². The van der Waals surface area contributed by atoms with Crippen molar-refractivity contribution in [1.82, 2.24) is 0 Å². The van der Waals surface area contributed by atoms with Crippen molar-refractivity contribution in [3.8, 4) is 0 Å². The molecular formula is C17H16ClNO2. The molecule has 4 aliphatic rings. The molecule has 1 aromatic carbocycles. The minimum absolute atomic E-state index is 0.0519. The molecule has 5 rings (SSSR count). The van der Waals surface area contributed by atoms with Gasteiger partial charge in [0.05, 0.1) is 17.5 Å². The molecule has 2 unspecified atom stereocenters. The van der Waals surface area contributed by atoms with Crippen molar-refractivity contribution in [2.24, 2.45) is 23.7 Å². The lowest BCUT2D eigenvalue weighted by Gasteiger charge is -2.38. The van der Waals surface area contributed by atoms with Crippen LogP contribution < -0.4 is 4.90 Å².